The Hall–Kier alpha value is -0.680. The molecule has 1 aromatic heterocycles. The van der Waals surface area contributed by atoms with Crippen molar-refractivity contribution in [2.24, 2.45) is 5.92 Å². The van der Waals surface area contributed by atoms with Crippen molar-refractivity contribution in [3.8, 4) is 0 Å². The molecule has 0 aromatic carbocycles. The molecule has 14 heavy (non-hydrogen) atoms. The fourth-order valence-corrected chi connectivity index (χ4v) is 1.52. The van der Waals surface area contributed by atoms with Crippen LogP contribution in [0.2, 0.25) is 0 Å². The van der Waals surface area contributed by atoms with Crippen molar-refractivity contribution in [1.29, 1.82) is 0 Å². The second-order valence-electron chi connectivity index (χ2n) is 3.61. The van der Waals surface area contributed by atoms with Crippen LogP contribution in [-0.2, 0) is 4.74 Å². The van der Waals surface area contributed by atoms with Gasteiger partial charge in [-0.2, -0.15) is 4.37 Å². The van der Waals surface area contributed by atoms with Gasteiger partial charge in [0, 0.05) is 25.2 Å². The van der Waals surface area contributed by atoms with Crippen LogP contribution in [0, 0.1) is 5.92 Å². The maximum Gasteiger partial charge on any atom is 0.202 e. The van der Waals surface area contributed by atoms with E-state index >= 15 is 0 Å². The Kier molecular flexibility index (Phi) is 4.28. The molecule has 4 nitrogen and oxygen atoms in total. The molecule has 1 unspecified atom stereocenters. The van der Waals surface area contributed by atoms with Gasteiger partial charge >= 0.3 is 0 Å². The first-order valence-corrected chi connectivity index (χ1v) is 5.51. The van der Waals surface area contributed by atoms with Crippen molar-refractivity contribution >= 4 is 16.7 Å². The largest absolute Gasteiger partial charge is 0.374 e. The van der Waals surface area contributed by atoms with Crippen LogP contribution in [0.25, 0.3) is 0 Å². The second kappa shape index (κ2) is 5.26. The van der Waals surface area contributed by atoms with Crippen molar-refractivity contribution in [2.75, 3.05) is 19.0 Å². The van der Waals surface area contributed by atoms with Crippen molar-refractivity contribution in [1.82, 2.24) is 9.36 Å². The lowest BCUT2D eigenvalue weighted by Gasteiger charge is -2.04. The molecule has 1 N–H and O–H groups in total. The predicted octanol–water partition coefficient (Wildman–Crippen LogP) is 2.31. The molecule has 0 bridgehead atoms. The Morgan fingerprint density at radius 2 is 2.14 bits per heavy atom. The quantitative estimate of drug-likeness (QED) is 0.818. The van der Waals surface area contributed by atoms with E-state index < -0.39 is 0 Å². The molecule has 0 spiro atoms. The minimum atomic E-state index is -0.0270. The number of aromatic nitrogens is 2. The van der Waals surface area contributed by atoms with Crippen molar-refractivity contribution in [3.63, 3.8) is 0 Å². The van der Waals surface area contributed by atoms with E-state index in [2.05, 4.69) is 28.5 Å². The van der Waals surface area contributed by atoms with E-state index in [0.717, 1.165) is 17.5 Å². The van der Waals surface area contributed by atoms with E-state index in [4.69, 9.17) is 4.74 Å². The first kappa shape index (κ1) is 11.4. The molecule has 0 aliphatic rings. The zero-order chi connectivity index (χ0) is 10.6. The van der Waals surface area contributed by atoms with Gasteiger partial charge in [-0.05, 0) is 12.8 Å². The summed E-state index contributed by atoms with van der Waals surface area (Å²) in [7, 11) is 1.66. The number of rotatable bonds is 5. The molecule has 5 heteroatoms. The highest BCUT2D eigenvalue weighted by Gasteiger charge is 2.10. The first-order valence-electron chi connectivity index (χ1n) is 4.73. The van der Waals surface area contributed by atoms with Gasteiger partial charge in [0.25, 0.3) is 0 Å². The van der Waals surface area contributed by atoms with Gasteiger partial charge < -0.3 is 10.1 Å². The Morgan fingerprint density at radius 1 is 1.43 bits per heavy atom. The highest BCUT2D eigenvalue weighted by atomic mass is 32.1. The molecule has 0 saturated heterocycles. The van der Waals surface area contributed by atoms with Gasteiger partial charge in [0.05, 0.1) is 0 Å². The zero-order valence-corrected chi connectivity index (χ0v) is 9.89. The molecule has 0 radical (unpaired) electrons. The number of hydrogen-bond donors (Lipinski definition) is 1. The van der Waals surface area contributed by atoms with E-state index in [9.17, 15) is 0 Å². The molecule has 0 saturated carbocycles. The van der Waals surface area contributed by atoms with Crippen LogP contribution < -0.4 is 5.32 Å². The third-order valence-electron chi connectivity index (χ3n) is 1.82. The lowest BCUT2D eigenvalue weighted by Crippen LogP contribution is -2.07. The van der Waals surface area contributed by atoms with Crippen LogP contribution >= 0.6 is 11.5 Å². The van der Waals surface area contributed by atoms with Gasteiger partial charge in [0.2, 0.25) is 5.13 Å². The number of nitrogens with zero attached hydrogens (tertiary/aromatic N) is 2. The number of methoxy groups -OCH3 is 1. The van der Waals surface area contributed by atoms with Crippen LogP contribution in [0.1, 0.15) is 32.7 Å². The van der Waals surface area contributed by atoms with Crippen molar-refractivity contribution < 1.29 is 4.74 Å². The van der Waals surface area contributed by atoms with E-state index in [1.165, 1.54) is 11.5 Å². The summed E-state index contributed by atoms with van der Waals surface area (Å²) in [6.07, 6.45) is -0.0270. The Morgan fingerprint density at radius 3 is 2.71 bits per heavy atom. The normalized spacial score (nSPS) is 13.2. The number of ether oxygens (including phenoxy) is 1. The highest BCUT2D eigenvalue weighted by Crippen LogP contribution is 2.18. The van der Waals surface area contributed by atoms with E-state index in [0.29, 0.717) is 5.92 Å². The molecule has 1 atom stereocenters. The minimum absolute atomic E-state index is 0.0270. The standard InChI is InChI=1S/C9H17N3OS/c1-6(2)5-10-9-11-8(12-14-9)7(3)13-4/h6-7H,5H2,1-4H3,(H,10,11,12). The van der Waals surface area contributed by atoms with Gasteiger partial charge in [-0.25, -0.2) is 4.98 Å². The summed E-state index contributed by atoms with van der Waals surface area (Å²) in [4.78, 5) is 4.32. The number of hydrogen-bond acceptors (Lipinski definition) is 5. The fraction of sp³-hybridized carbons (Fsp3) is 0.778. The topological polar surface area (TPSA) is 47.0 Å². The monoisotopic (exact) mass is 215 g/mol. The molecular weight excluding hydrogens is 198 g/mol. The lowest BCUT2D eigenvalue weighted by atomic mass is 10.2. The van der Waals surface area contributed by atoms with Gasteiger partial charge in [-0.3, -0.25) is 0 Å². The van der Waals surface area contributed by atoms with Crippen LogP contribution in [-0.4, -0.2) is 23.0 Å². The molecule has 1 rings (SSSR count). The lowest BCUT2D eigenvalue weighted by molar-refractivity contribution is 0.113. The highest BCUT2D eigenvalue weighted by molar-refractivity contribution is 7.09. The number of nitrogens with one attached hydrogen (secondary N) is 1. The predicted molar refractivity (Wildman–Crippen MR) is 58.7 cm³/mol. The van der Waals surface area contributed by atoms with Crippen LogP contribution in [0.15, 0.2) is 0 Å². The third kappa shape index (κ3) is 3.23. The molecule has 0 aliphatic heterocycles. The van der Waals surface area contributed by atoms with E-state index in [-0.39, 0.29) is 6.10 Å². The van der Waals surface area contributed by atoms with Crippen LogP contribution in [0.5, 0.6) is 0 Å². The van der Waals surface area contributed by atoms with Gasteiger partial charge in [-0.1, -0.05) is 13.8 Å². The molecule has 1 aromatic rings. The second-order valence-corrected chi connectivity index (χ2v) is 4.36. The van der Waals surface area contributed by atoms with Gasteiger partial charge in [-0.15, -0.1) is 0 Å². The Balaban J connectivity index is 2.50. The summed E-state index contributed by atoms with van der Waals surface area (Å²) in [5.74, 6) is 1.37. The molecule has 0 aliphatic carbocycles. The Bertz CT molecular complexity index is 275. The number of anilines is 1. The third-order valence-corrected chi connectivity index (χ3v) is 2.51. The fourth-order valence-electron chi connectivity index (χ4n) is 0.869. The maximum atomic E-state index is 5.13. The average molecular weight is 215 g/mol. The molecular formula is C9H17N3OS. The SMILES string of the molecule is COC(C)c1nsc(NCC(C)C)n1. The van der Waals surface area contributed by atoms with Gasteiger partial charge in [0.15, 0.2) is 5.82 Å². The van der Waals surface area contributed by atoms with E-state index in [1.807, 2.05) is 6.92 Å². The van der Waals surface area contributed by atoms with Gasteiger partial charge in [0.1, 0.15) is 6.10 Å². The smallest absolute Gasteiger partial charge is 0.202 e. The summed E-state index contributed by atoms with van der Waals surface area (Å²) in [6.45, 7) is 7.18. The van der Waals surface area contributed by atoms with Crippen molar-refractivity contribution in [3.05, 3.63) is 5.82 Å². The molecule has 0 fully saturated rings. The van der Waals surface area contributed by atoms with E-state index in [1.54, 1.807) is 7.11 Å². The summed E-state index contributed by atoms with van der Waals surface area (Å²) in [5.41, 5.74) is 0. The summed E-state index contributed by atoms with van der Waals surface area (Å²) >= 11 is 1.38. The molecule has 80 valence electrons. The summed E-state index contributed by atoms with van der Waals surface area (Å²) in [5, 5.41) is 4.11. The molecule has 1 heterocycles. The van der Waals surface area contributed by atoms with Crippen LogP contribution in [0.4, 0.5) is 5.13 Å². The summed E-state index contributed by atoms with van der Waals surface area (Å²) in [6, 6.07) is 0. The van der Waals surface area contributed by atoms with Crippen LogP contribution in [0.3, 0.4) is 0 Å². The molecule has 0 amide bonds. The average Bonchev–Trinajstić information content (AvgIpc) is 2.62. The minimum Gasteiger partial charge on any atom is -0.374 e. The zero-order valence-electron chi connectivity index (χ0n) is 9.07. The maximum absolute atomic E-state index is 5.13. The summed E-state index contributed by atoms with van der Waals surface area (Å²) < 4.78 is 9.34. The Labute approximate surface area is 88.9 Å². The van der Waals surface area contributed by atoms with Crippen molar-refractivity contribution in [2.45, 2.75) is 26.9 Å². The first-order chi connectivity index (χ1) is 6.63.